The van der Waals surface area contributed by atoms with E-state index in [1.807, 2.05) is 0 Å². The number of nitrogens with one attached hydrogen (secondary N) is 1. The Morgan fingerprint density at radius 2 is 1.88 bits per heavy atom. The van der Waals surface area contributed by atoms with Crippen molar-refractivity contribution < 1.29 is 27.8 Å². The molecule has 0 aromatic rings. The molecule has 0 aromatic heterocycles. The van der Waals surface area contributed by atoms with Crippen LogP contribution in [0.2, 0.25) is 0 Å². The average Bonchev–Trinajstić information content (AvgIpc) is 2.65. The number of epoxide rings is 1. The highest BCUT2D eigenvalue weighted by Gasteiger charge is 2.56. The third-order valence-electron chi connectivity index (χ3n) is 3.45. The van der Waals surface area contributed by atoms with Crippen molar-refractivity contribution in [2.24, 2.45) is 0 Å². The lowest BCUT2D eigenvalue weighted by atomic mass is 9.95. The highest BCUT2D eigenvalue weighted by molar-refractivity contribution is 5.73. The molecule has 1 aliphatic carbocycles. The molecule has 1 saturated carbocycles. The second-order valence-electron chi connectivity index (χ2n) is 4.73. The third kappa shape index (κ3) is 2.90. The number of hydrogen-bond donors (Lipinski definition) is 2. The lowest BCUT2D eigenvalue weighted by Gasteiger charge is -2.24. The fourth-order valence-electron chi connectivity index (χ4n) is 2.61. The normalized spacial score (nSPS) is 38.5. The Morgan fingerprint density at radius 1 is 1.35 bits per heavy atom. The maximum absolute atomic E-state index is 10.6. The van der Waals surface area contributed by atoms with Crippen molar-refractivity contribution in [3.63, 3.8) is 0 Å². The number of fused-ring (bicyclic) bond motifs is 1. The summed E-state index contributed by atoms with van der Waals surface area (Å²) in [5, 5.41) is 10.7. The predicted octanol–water partition coefficient (Wildman–Crippen LogP) is 1.30. The SMILES string of the molecule is C1CNC2(C1)CC1OC1C2.O=C(O)C(F)(F)F. The second kappa shape index (κ2) is 4.13. The van der Waals surface area contributed by atoms with Crippen LogP contribution in [0, 0.1) is 0 Å². The zero-order valence-electron chi connectivity index (χ0n) is 9.09. The Kier molecular flexibility index (Phi) is 3.07. The van der Waals surface area contributed by atoms with E-state index >= 15 is 0 Å². The van der Waals surface area contributed by atoms with E-state index in [0.717, 1.165) is 0 Å². The molecule has 3 rings (SSSR count). The molecule has 1 spiro atoms. The number of carboxylic acid groups (broad SMARTS) is 1. The first kappa shape index (κ1) is 12.6. The van der Waals surface area contributed by atoms with Gasteiger partial charge in [0.25, 0.3) is 0 Å². The average molecular weight is 253 g/mol. The van der Waals surface area contributed by atoms with E-state index in [2.05, 4.69) is 5.32 Å². The van der Waals surface area contributed by atoms with Gasteiger partial charge in [-0.05, 0) is 32.2 Å². The molecule has 2 aliphatic heterocycles. The molecule has 3 fully saturated rings. The molecule has 98 valence electrons. The number of alkyl halides is 3. The van der Waals surface area contributed by atoms with Crippen molar-refractivity contribution in [2.75, 3.05) is 6.54 Å². The number of rotatable bonds is 0. The molecule has 2 heterocycles. The van der Waals surface area contributed by atoms with Gasteiger partial charge in [-0.3, -0.25) is 0 Å². The van der Waals surface area contributed by atoms with E-state index in [0.29, 0.717) is 17.7 Å². The van der Waals surface area contributed by atoms with Gasteiger partial charge in [0.1, 0.15) is 0 Å². The summed E-state index contributed by atoms with van der Waals surface area (Å²) in [7, 11) is 0. The molecular weight excluding hydrogens is 239 g/mol. The van der Waals surface area contributed by atoms with Gasteiger partial charge >= 0.3 is 12.1 Å². The van der Waals surface area contributed by atoms with Crippen LogP contribution in [0.3, 0.4) is 0 Å². The summed E-state index contributed by atoms with van der Waals surface area (Å²) in [5.41, 5.74) is 0.535. The van der Waals surface area contributed by atoms with Crippen LogP contribution in [-0.2, 0) is 9.53 Å². The van der Waals surface area contributed by atoms with Crippen molar-refractivity contribution in [1.82, 2.24) is 5.32 Å². The summed E-state index contributed by atoms with van der Waals surface area (Å²) in [5.74, 6) is -2.76. The minimum atomic E-state index is -5.08. The standard InChI is InChI=1S/C8H13NO.C2HF3O2/c1-2-8(9-3-1)4-6-7(5-8)10-6;3-2(4,5)1(6)7/h6-7,9H,1-5H2;(H,6,7). The van der Waals surface area contributed by atoms with E-state index in [1.165, 1.54) is 32.2 Å². The van der Waals surface area contributed by atoms with E-state index < -0.39 is 12.1 Å². The van der Waals surface area contributed by atoms with Crippen LogP contribution in [0.5, 0.6) is 0 Å². The first-order valence-corrected chi connectivity index (χ1v) is 5.53. The maximum atomic E-state index is 10.6. The minimum absolute atomic E-state index is 0.535. The summed E-state index contributed by atoms with van der Waals surface area (Å²) >= 11 is 0. The number of hydrogen-bond acceptors (Lipinski definition) is 3. The number of aliphatic carboxylic acids is 1. The molecule has 3 aliphatic rings. The first-order valence-electron chi connectivity index (χ1n) is 5.53. The Labute approximate surface area is 96.1 Å². The molecule has 17 heavy (non-hydrogen) atoms. The largest absolute Gasteiger partial charge is 0.490 e. The van der Waals surface area contributed by atoms with Gasteiger partial charge in [0.15, 0.2) is 0 Å². The lowest BCUT2D eigenvalue weighted by Crippen LogP contribution is -2.38. The van der Waals surface area contributed by atoms with E-state index in [-0.39, 0.29) is 0 Å². The summed E-state index contributed by atoms with van der Waals surface area (Å²) in [6, 6.07) is 0. The van der Waals surface area contributed by atoms with Crippen molar-refractivity contribution in [2.45, 2.75) is 49.6 Å². The van der Waals surface area contributed by atoms with E-state index in [1.54, 1.807) is 0 Å². The Balaban J connectivity index is 0.000000139. The van der Waals surface area contributed by atoms with Crippen molar-refractivity contribution >= 4 is 5.97 Å². The smallest absolute Gasteiger partial charge is 0.475 e. The molecule has 2 unspecified atom stereocenters. The fourth-order valence-corrected chi connectivity index (χ4v) is 2.61. The van der Waals surface area contributed by atoms with E-state index in [9.17, 15) is 13.2 Å². The van der Waals surface area contributed by atoms with Crippen molar-refractivity contribution in [3.05, 3.63) is 0 Å². The van der Waals surface area contributed by atoms with Gasteiger partial charge in [0.05, 0.1) is 12.2 Å². The zero-order chi connectivity index (χ0) is 12.7. The molecular formula is C10H14F3NO3. The first-order chi connectivity index (χ1) is 7.82. The topological polar surface area (TPSA) is 61.9 Å². The van der Waals surface area contributed by atoms with Gasteiger partial charge in [-0.2, -0.15) is 13.2 Å². The molecule has 0 radical (unpaired) electrons. The van der Waals surface area contributed by atoms with Gasteiger partial charge < -0.3 is 15.2 Å². The van der Waals surface area contributed by atoms with Crippen LogP contribution in [0.4, 0.5) is 13.2 Å². The number of carboxylic acids is 1. The van der Waals surface area contributed by atoms with Crippen LogP contribution in [-0.4, -0.2) is 41.5 Å². The van der Waals surface area contributed by atoms with Crippen LogP contribution in [0.15, 0.2) is 0 Å². The Morgan fingerprint density at radius 3 is 2.24 bits per heavy atom. The highest BCUT2D eigenvalue weighted by Crippen LogP contribution is 2.47. The minimum Gasteiger partial charge on any atom is -0.475 e. The van der Waals surface area contributed by atoms with Crippen LogP contribution in [0.1, 0.15) is 25.7 Å². The molecule has 4 nitrogen and oxygen atoms in total. The van der Waals surface area contributed by atoms with Crippen LogP contribution < -0.4 is 5.32 Å². The molecule has 0 amide bonds. The Bertz CT molecular complexity index is 300. The van der Waals surface area contributed by atoms with Gasteiger partial charge in [0.2, 0.25) is 0 Å². The molecule has 2 N–H and O–H groups in total. The van der Waals surface area contributed by atoms with E-state index in [4.69, 9.17) is 14.6 Å². The summed E-state index contributed by atoms with van der Waals surface area (Å²) in [6.45, 7) is 1.24. The quantitative estimate of drug-likeness (QED) is 0.639. The fraction of sp³-hybridized carbons (Fsp3) is 0.900. The maximum Gasteiger partial charge on any atom is 0.490 e. The molecule has 0 aromatic carbocycles. The number of ether oxygens (including phenoxy) is 1. The van der Waals surface area contributed by atoms with Gasteiger partial charge in [-0.1, -0.05) is 0 Å². The Hall–Kier alpha value is -0.820. The van der Waals surface area contributed by atoms with Crippen LogP contribution in [0.25, 0.3) is 0 Å². The highest BCUT2D eigenvalue weighted by atomic mass is 19.4. The third-order valence-corrected chi connectivity index (χ3v) is 3.45. The van der Waals surface area contributed by atoms with Gasteiger partial charge in [0, 0.05) is 5.54 Å². The monoisotopic (exact) mass is 253 g/mol. The number of halogens is 3. The van der Waals surface area contributed by atoms with Crippen LogP contribution >= 0.6 is 0 Å². The lowest BCUT2D eigenvalue weighted by molar-refractivity contribution is -0.192. The molecule has 0 bridgehead atoms. The van der Waals surface area contributed by atoms with Gasteiger partial charge in [-0.25, -0.2) is 4.79 Å². The number of carbonyl (C=O) groups is 1. The predicted molar refractivity (Wildman–Crippen MR) is 51.6 cm³/mol. The van der Waals surface area contributed by atoms with Crippen molar-refractivity contribution in [3.8, 4) is 0 Å². The molecule has 2 atom stereocenters. The summed E-state index contributed by atoms with van der Waals surface area (Å²) < 4.78 is 37.1. The van der Waals surface area contributed by atoms with Crippen molar-refractivity contribution in [1.29, 1.82) is 0 Å². The summed E-state index contributed by atoms with van der Waals surface area (Å²) in [4.78, 5) is 8.90. The molecule has 7 heteroatoms. The summed E-state index contributed by atoms with van der Waals surface area (Å²) in [6.07, 6.45) is 1.55. The second-order valence-corrected chi connectivity index (χ2v) is 4.73. The zero-order valence-corrected chi connectivity index (χ0v) is 9.09. The van der Waals surface area contributed by atoms with Gasteiger partial charge in [-0.15, -0.1) is 0 Å². The molecule has 2 saturated heterocycles.